The molecule has 3 radical (unpaired) electrons. The van der Waals surface area contributed by atoms with E-state index in [0.717, 1.165) is 42.0 Å². The van der Waals surface area contributed by atoms with Gasteiger partial charge in [-0.3, -0.25) is 4.90 Å². The van der Waals surface area contributed by atoms with Crippen LogP contribution in [0.15, 0.2) is 100 Å². The summed E-state index contributed by atoms with van der Waals surface area (Å²) in [5, 5.41) is -4.12. The highest BCUT2D eigenvalue weighted by Gasteiger charge is 2.54. The Morgan fingerprint density at radius 1 is 0.844 bits per heavy atom. The normalized spacial score (nSPS) is 19.0. The first-order valence-electron chi connectivity index (χ1n) is 13.6. The molecule has 1 aliphatic heterocycles. The molecule has 45 heavy (non-hydrogen) atoms. The SMILES string of the molecule is O=S(=O)(c1ccc(F)c(Br)c1)[C@H]1CN(Cc2ccccc2)C[C@@H]1c1ccc([C@]([Si])(OCc2c(F)cccc2F)C(F)(F)F)cc1. The van der Waals surface area contributed by atoms with Gasteiger partial charge in [0.25, 0.3) is 0 Å². The number of rotatable bonds is 9. The van der Waals surface area contributed by atoms with E-state index < -0.39 is 67.6 Å². The van der Waals surface area contributed by atoms with Crippen LogP contribution >= 0.6 is 15.9 Å². The molecule has 1 aliphatic rings. The predicted octanol–water partition coefficient (Wildman–Crippen LogP) is 7.41. The van der Waals surface area contributed by atoms with Crippen molar-refractivity contribution in [3.63, 3.8) is 0 Å². The highest BCUT2D eigenvalue weighted by molar-refractivity contribution is 9.10. The van der Waals surface area contributed by atoms with Crippen molar-refractivity contribution < 1.29 is 39.5 Å². The van der Waals surface area contributed by atoms with Gasteiger partial charge in [0.1, 0.15) is 17.5 Å². The van der Waals surface area contributed by atoms with Crippen molar-refractivity contribution in [2.45, 2.75) is 40.6 Å². The van der Waals surface area contributed by atoms with E-state index in [0.29, 0.717) is 12.1 Å². The van der Waals surface area contributed by atoms with Crippen molar-refractivity contribution in [3.8, 4) is 0 Å². The van der Waals surface area contributed by atoms with E-state index in [-0.39, 0.29) is 22.5 Å². The lowest BCUT2D eigenvalue weighted by atomic mass is 9.95. The summed E-state index contributed by atoms with van der Waals surface area (Å²) in [6, 6.07) is 20.8. The van der Waals surface area contributed by atoms with Gasteiger partial charge in [-0.2, -0.15) is 13.2 Å². The van der Waals surface area contributed by atoms with Crippen LogP contribution in [0.5, 0.6) is 0 Å². The number of sulfone groups is 1. The van der Waals surface area contributed by atoms with Crippen LogP contribution in [0.4, 0.5) is 26.3 Å². The van der Waals surface area contributed by atoms with Gasteiger partial charge in [0.05, 0.1) is 31.5 Å². The molecule has 1 fully saturated rings. The Hall–Kier alpha value is -2.97. The Bertz CT molecular complexity index is 1760. The average molecular weight is 726 g/mol. The largest absolute Gasteiger partial charge is 0.417 e. The molecular weight excluding hydrogens is 700 g/mol. The van der Waals surface area contributed by atoms with Gasteiger partial charge in [0, 0.05) is 31.1 Å². The predicted molar refractivity (Wildman–Crippen MR) is 161 cm³/mol. The number of benzene rings is 4. The molecular formula is C32H25BrF6NO3SSi. The second kappa shape index (κ2) is 13.0. The molecule has 1 heterocycles. The lowest BCUT2D eigenvalue weighted by Gasteiger charge is -2.33. The second-order valence-electron chi connectivity index (χ2n) is 10.7. The Morgan fingerprint density at radius 2 is 1.49 bits per heavy atom. The van der Waals surface area contributed by atoms with E-state index in [9.17, 15) is 34.8 Å². The third kappa shape index (κ3) is 6.92. The third-order valence-electron chi connectivity index (χ3n) is 7.85. The Morgan fingerprint density at radius 3 is 2.09 bits per heavy atom. The van der Waals surface area contributed by atoms with Crippen LogP contribution in [-0.2, 0) is 33.0 Å². The van der Waals surface area contributed by atoms with Crippen molar-refractivity contribution in [2.75, 3.05) is 13.1 Å². The van der Waals surface area contributed by atoms with Crippen LogP contribution in [0, 0.1) is 17.5 Å². The summed E-state index contributed by atoms with van der Waals surface area (Å²) in [5.41, 5.74) is 0.339. The van der Waals surface area contributed by atoms with Gasteiger partial charge in [0.2, 0.25) is 0 Å². The van der Waals surface area contributed by atoms with Crippen LogP contribution in [0.25, 0.3) is 0 Å². The summed E-state index contributed by atoms with van der Waals surface area (Å²) in [6.45, 7) is -0.177. The molecule has 0 aromatic heterocycles. The topological polar surface area (TPSA) is 46.6 Å². The Balaban J connectivity index is 1.47. The van der Waals surface area contributed by atoms with Gasteiger partial charge in [-0.15, -0.1) is 0 Å². The molecule has 4 aromatic rings. The molecule has 0 N–H and O–H groups in total. The fraction of sp³-hybridized carbons (Fsp3) is 0.250. The summed E-state index contributed by atoms with van der Waals surface area (Å²) in [5.74, 6) is -3.38. The van der Waals surface area contributed by atoms with Crippen LogP contribution in [0.1, 0.15) is 28.2 Å². The van der Waals surface area contributed by atoms with Crippen LogP contribution in [0.3, 0.4) is 0 Å². The van der Waals surface area contributed by atoms with Crippen LogP contribution in [-0.4, -0.2) is 48.1 Å². The summed E-state index contributed by atoms with van der Waals surface area (Å²) in [4.78, 5) is 1.86. The second-order valence-corrected chi connectivity index (χ2v) is 14.5. The van der Waals surface area contributed by atoms with Gasteiger partial charge in [-0.1, -0.05) is 60.7 Å². The number of nitrogens with zero attached hydrogens (tertiary/aromatic N) is 1. The monoisotopic (exact) mass is 724 g/mol. The number of likely N-dealkylation sites (tertiary alicyclic amines) is 1. The molecule has 5 rings (SSSR count). The number of alkyl halides is 3. The fourth-order valence-electron chi connectivity index (χ4n) is 5.43. The van der Waals surface area contributed by atoms with E-state index in [1.165, 1.54) is 24.3 Å². The standard InChI is InChI=1S/C32H25BrF6NO3SSi/c33-26-15-23(13-14-29(26)36)44(41,42)30-18-40(16-20-5-2-1-3-6-20)17-24(30)21-9-11-22(12-10-21)31(45,32(37,38)39)43-19-25-27(34)7-4-8-28(25)35/h1-15,24,30H,16-19H2/t24-,30+,31-/m1/s1. The number of hydrogen-bond donors (Lipinski definition) is 0. The van der Waals surface area contributed by atoms with Crippen molar-refractivity contribution in [3.05, 3.63) is 135 Å². The molecule has 3 atom stereocenters. The summed E-state index contributed by atoms with van der Waals surface area (Å²) < 4.78 is 118. The Kier molecular flexibility index (Phi) is 9.67. The van der Waals surface area contributed by atoms with Crippen molar-refractivity contribution >= 4 is 36.0 Å². The summed E-state index contributed by atoms with van der Waals surface area (Å²) >= 11 is 3.04. The van der Waals surface area contributed by atoms with Crippen LogP contribution < -0.4 is 0 Å². The molecule has 1 saturated heterocycles. The number of halogens is 7. The van der Waals surface area contributed by atoms with E-state index in [1.807, 2.05) is 35.2 Å². The van der Waals surface area contributed by atoms with Crippen molar-refractivity contribution in [2.24, 2.45) is 0 Å². The average Bonchev–Trinajstić information content (AvgIpc) is 3.43. The minimum Gasteiger partial charge on any atom is -0.361 e. The number of ether oxygens (including phenoxy) is 1. The van der Waals surface area contributed by atoms with Gasteiger partial charge in [0.15, 0.2) is 15.1 Å². The maximum atomic E-state index is 14.3. The van der Waals surface area contributed by atoms with Gasteiger partial charge >= 0.3 is 6.18 Å². The van der Waals surface area contributed by atoms with E-state index in [2.05, 4.69) is 26.2 Å². The molecule has 13 heteroatoms. The zero-order chi connectivity index (χ0) is 32.6. The highest BCUT2D eigenvalue weighted by Crippen LogP contribution is 2.42. The first kappa shape index (κ1) is 33.4. The quantitative estimate of drug-likeness (QED) is 0.103. The highest BCUT2D eigenvalue weighted by atomic mass is 79.9. The Labute approximate surface area is 268 Å². The zero-order valence-electron chi connectivity index (χ0n) is 23.4. The lowest BCUT2D eigenvalue weighted by molar-refractivity contribution is -0.251. The molecule has 0 saturated carbocycles. The molecule has 235 valence electrons. The summed E-state index contributed by atoms with van der Waals surface area (Å²) in [6.07, 6.45) is -5.05. The molecule has 0 spiro atoms. The number of hydrogen-bond acceptors (Lipinski definition) is 4. The first-order chi connectivity index (χ1) is 21.2. The zero-order valence-corrected chi connectivity index (χ0v) is 26.8. The molecule has 4 nitrogen and oxygen atoms in total. The minimum atomic E-state index is -5.05. The fourth-order valence-corrected chi connectivity index (χ4v) is 8.17. The van der Waals surface area contributed by atoms with Gasteiger partial charge in [-0.05, 0) is 63.0 Å². The van der Waals surface area contributed by atoms with Crippen LogP contribution in [0.2, 0.25) is 0 Å². The molecule has 4 aromatic carbocycles. The molecule has 0 bridgehead atoms. The third-order valence-corrected chi connectivity index (χ3v) is 11.4. The first-order valence-corrected chi connectivity index (χ1v) is 16.5. The smallest absolute Gasteiger partial charge is 0.361 e. The van der Waals surface area contributed by atoms with Gasteiger partial charge < -0.3 is 4.74 Å². The minimum absolute atomic E-state index is 0.0144. The van der Waals surface area contributed by atoms with Crippen molar-refractivity contribution in [1.29, 1.82) is 0 Å². The van der Waals surface area contributed by atoms with E-state index >= 15 is 0 Å². The molecule has 0 amide bonds. The summed E-state index contributed by atoms with van der Waals surface area (Å²) in [7, 11) is -1.33. The molecule has 0 aliphatic carbocycles. The van der Waals surface area contributed by atoms with Crippen molar-refractivity contribution in [1.82, 2.24) is 4.90 Å². The molecule has 0 unspecified atom stereocenters. The van der Waals surface area contributed by atoms with E-state index in [1.54, 1.807) is 0 Å². The lowest BCUT2D eigenvalue weighted by Crippen LogP contribution is -2.45. The maximum absolute atomic E-state index is 14.3. The van der Waals surface area contributed by atoms with E-state index in [4.69, 9.17) is 4.74 Å². The van der Waals surface area contributed by atoms with Gasteiger partial charge in [-0.25, -0.2) is 21.6 Å². The maximum Gasteiger partial charge on any atom is 0.417 e.